The monoisotopic (exact) mass is 302 g/mol. The Morgan fingerprint density at radius 1 is 0.955 bits per heavy atom. The Morgan fingerprint density at radius 3 is 2.27 bits per heavy atom. The molecule has 0 radical (unpaired) electrons. The van der Waals surface area contributed by atoms with E-state index in [9.17, 15) is 29.0 Å². The van der Waals surface area contributed by atoms with E-state index < -0.39 is 46.0 Å². The number of ketones is 2. The lowest BCUT2D eigenvalue weighted by atomic mass is 9.82. The lowest BCUT2D eigenvalue weighted by molar-refractivity contribution is 0.0695. The Balaban J connectivity index is 2.36. The number of halogens is 1. The zero-order valence-electron chi connectivity index (χ0n) is 10.8. The molecule has 0 bridgehead atoms. The molecule has 6 nitrogen and oxygen atoms in total. The van der Waals surface area contributed by atoms with Crippen LogP contribution in [0.15, 0.2) is 24.3 Å². The highest BCUT2D eigenvalue weighted by atomic mass is 19.1. The van der Waals surface area contributed by atoms with E-state index in [4.69, 9.17) is 5.11 Å². The number of aromatic hydroxyl groups is 2. The maximum absolute atomic E-state index is 13.4. The van der Waals surface area contributed by atoms with Crippen LogP contribution in [0.4, 0.5) is 4.39 Å². The number of carboxylic acid groups (broad SMARTS) is 1. The van der Waals surface area contributed by atoms with Gasteiger partial charge in [-0.25, -0.2) is 9.18 Å². The maximum atomic E-state index is 13.4. The van der Waals surface area contributed by atoms with Gasteiger partial charge in [0, 0.05) is 11.1 Å². The molecular weight excluding hydrogens is 295 g/mol. The third kappa shape index (κ3) is 1.69. The Kier molecular flexibility index (Phi) is 2.74. The standard InChI is InChI=1S/C15H7FO6/c16-8-2-1-6-11(13(8)19)14(20)10-7(12(6)18)3-5(15(21)22)4-9(10)17/h1-4,17,19H,(H,21,22). The molecule has 7 heteroatoms. The number of phenols is 2. The molecule has 0 saturated heterocycles. The summed E-state index contributed by atoms with van der Waals surface area (Å²) in [4.78, 5) is 35.7. The number of carboxylic acids is 1. The smallest absolute Gasteiger partial charge is 0.335 e. The second-order valence-corrected chi connectivity index (χ2v) is 4.70. The van der Waals surface area contributed by atoms with Gasteiger partial charge in [0.2, 0.25) is 5.78 Å². The van der Waals surface area contributed by atoms with Gasteiger partial charge >= 0.3 is 5.97 Å². The molecule has 3 N–H and O–H groups in total. The number of fused-ring (bicyclic) bond motifs is 2. The van der Waals surface area contributed by atoms with Gasteiger partial charge in [0.1, 0.15) is 5.75 Å². The van der Waals surface area contributed by atoms with Crippen molar-refractivity contribution in [2.45, 2.75) is 0 Å². The van der Waals surface area contributed by atoms with Gasteiger partial charge in [0.15, 0.2) is 17.3 Å². The number of aromatic carboxylic acids is 1. The summed E-state index contributed by atoms with van der Waals surface area (Å²) in [6.45, 7) is 0. The average molecular weight is 302 g/mol. The molecule has 0 aromatic heterocycles. The maximum Gasteiger partial charge on any atom is 0.335 e. The van der Waals surface area contributed by atoms with Crippen LogP contribution in [-0.2, 0) is 0 Å². The minimum absolute atomic E-state index is 0.252. The normalized spacial score (nSPS) is 12.8. The van der Waals surface area contributed by atoms with Gasteiger partial charge in [0.05, 0.1) is 16.7 Å². The molecule has 1 aliphatic rings. The molecule has 0 spiro atoms. The van der Waals surface area contributed by atoms with Crippen molar-refractivity contribution in [3.63, 3.8) is 0 Å². The van der Waals surface area contributed by atoms with Crippen LogP contribution in [0.2, 0.25) is 0 Å². The van der Waals surface area contributed by atoms with E-state index in [2.05, 4.69) is 0 Å². The first kappa shape index (κ1) is 13.7. The summed E-state index contributed by atoms with van der Waals surface area (Å²) in [7, 11) is 0. The molecule has 2 aromatic rings. The Bertz CT molecular complexity index is 884. The molecule has 0 aliphatic heterocycles. The number of carbonyl (C=O) groups is 3. The summed E-state index contributed by atoms with van der Waals surface area (Å²) >= 11 is 0. The summed E-state index contributed by atoms with van der Waals surface area (Å²) in [5.74, 6) is -5.89. The molecule has 22 heavy (non-hydrogen) atoms. The predicted molar refractivity (Wildman–Crippen MR) is 70.0 cm³/mol. The van der Waals surface area contributed by atoms with Crippen molar-refractivity contribution < 1.29 is 34.1 Å². The zero-order chi connectivity index (χ0) is 16.2. The van der Waals surface area contributed by atoms with Gasteiger partial charge in [-0.05, 0) is 24.3 Å². The third-order valence-electron chi connectivity index (χ3n) is 3.44. The minimum atomic E-state index is -1.38. The van der Waals surface area contributed by atoms with Gasteiger partial charge in [-0.3, -0.25) is 9.59 Å². The van der Waals surface area contributed by atoms with E-state index in [0.29, 0.717) is 0 Å². The van der Waals surface area contributed by atoms with Crippen molar-refractivity contribution in [3.8, 4) is 11.5 Å². The first-order valence-corrected chi connectivity index (χ1v) is 6.04. The van der Waals surface area contributed by atoms with Gasteiger partial charge in [-0.2, -0.15) is 0 Å². The van der Waals surface area contributed by atoms with E-state index >= 15 is 0 Å². The number of benzene rings is 2. The van der Waals surface area contributed by atoms with Crippen molar-refractivity contribution in [2.24, 2.45) is 0 Å². The first-order chi connectivity index (χ1) is 10.3. The molecule has 0 amide bonds. The van der Waals surface area contributed by atoms with E-state index in [-0.39, 0.29) is 16.7 Å². The number of carbonyl (C=O) groups excluding carboxylic acids is 2. The predicted octanol–water partition coefficient (Wildman–Crippen LogP) is 1.71. The van der Waals surface area contributed by atoms with Crippen LogP contribution < -0.4 is 0 Å². The number of hydrogen-bond donors (Lipinski definition) is 3. The molecule has 0 unspecified atom stereocenters. The van der Waals surface area contributed by atoms with Crippen LogP contribution in [0, 0.1) is 5.82 Å². The van der Waals surface area contributed by atoms with Crippen molar-refractivity contribution in [3.05, 3.63) is 57.9 Å². The highest BCUT2D eigenvalue weighted by Gasteiger charge is 2.36. The van der Waals surface area contributed by atoms with Crippen molar-refractivity contribution in [1.29, 1.82) is 0 Å². The largest absolute Gasteiger partial charge is 0.507 e. The second kappa shape index (κ2) is 4.39. The van der Waals surface area contributed by atoms with E-state index in [0.717, 1.165) is 24.3 Å². The lowest BCUT2D eigenvalue weighted by Gasteiger charge is -2.19. The van der Waals surface area contributed by atoms with Gasteiger partial charge < -0.3 is 15.3 Å². The molecule has 1 aliphatic carbocycles. The topological polar surface area (TPSA) is 112 Å². The molecule has 0 fully saturated rings. The first-order valence-electron chi connectivity index (χ1n) is 6.04. The Labute approximate surface area is 122 Å². The second-order valence-electron chi connectivity index (χ2n) is 4.70. The molecule has 0 saturated carbocycles. The van der Waals surface area contributed by atoms with Crippen LogP contribution in [0.5, 0.6) is 11.5 Å². The van der Waals surface area contributed by atoms with Crippen molar-refractivity contribution in [2.75, 3.05) is 0 Å². The van der Waals surface area contributed by atoms with E-state index in [1.807, 2.05) is 0 Å². The number of rotatable bonds is 1. The quantitative estimate of drug-likeness (QED) is 0.631. The number of phenolic OH excluding ortho intramolecular Hbond substituents is 2. The van der Waals surface area contributed by atoms with Crippen LogP contribution in [-0.4, -0.2) is 32.9 Å². The molecular formula is C15H7FO6. The molecule has 2 aromatic carbocycles. The van der Waals surface area contributed by atoms with E-state index in [1.54, 1.807) is 0 Å². The summed E-state index contributed by atoms with van der Waals surface area (Å²) in [6.07, 6.45) is 0. The number of hydrogen-bond acceptors (Lipinski definition) is 5. The van der Waals surface area contributed by atoms with Gasteiger partial charge in [-0.15, -0.1) is 0 Å². The fourth-order valence-corrected chi connectivity index (χ4v) is 2.42. The fourth-order valence-electron chi connectivity index (χ4n) is 2.42. The molecule has 3 rings (SSSR count). The Morgan fingerprint density at radius 2 is 1.64 bits per heavy atom. The van der Waals surface area contributed by atoms with Crippen molar-refractivity contribution in [1.82, 2.24) is 0 Å². The van der Waals surface area contributed by atoms with Crippen LogP contribution >= 0.6 is 0 Å². The highest BCUT2D eigenvalue weighted by Crippen LogP contribution is 2.38. The summed E-state index contributed by atoms with van der Waals surface area (Å²) in [5, 5.41) is 28.5. The summed E-state index contributed by atoms with van der Waals surface area (Å²) < 4.78 is 13.4. The van der Waals surface area contributed by atoms with Crippen LogP contribution in [0.3, 0.4) is 0 Å². The minimum Gasteiger partial charge on any atom is -0.507 e. The van der Waals surface area contributed by atoms with Crippen molar-refractivity contribution >= 4 is 17.5 Å². The third-order valence-corrected chi connectivity index (χ3v) is 3.44. The molecule has 0 heterocycles. The lowest BCUT2D eigenvalue weighted by Crippen LogP contribution is -2.22. The van der Waals surface area contributed by atoms with E-state index in [1.165, 1.54) is 0 Å². The SMILES string of the molecule is O=C(O)c1cc(O)c2c(c1)C(=O)c1ccc(F)c(O)c1C2=O. The molecule has 110 valence electrons. The highest BCUT2D eigenvalue weighted by molar-refractivity contribution is 6.30. The average Bonchev–Trinajstić information content (AvgIpc) is 2.46. The molecule has 0 atom stereocenters. The van der Waals surface area contributed by atoms with Crippen LogP contribution in [0.25, 0.3) is 0 Å². The van der Waals surface area contributed by atoms with Gasteiger partial charge in [0.25, 0.3) is 0 Å². The summed E-state index contributed by atoms with van der Waals surface area (Å²) in [5.41, 5.74) is -1.93. The van der Waals surface area contributed by atoms with Crippen LogP contribution in [0.1, 0.15) is 42.2 Å². The summed E-state index contributed by atoms with van der Waals surface area (Å²) in [6, 6.07) is 3.62. The Hall–Kier alpha value is -3.22. The fraction of sp³-hybridized carbons (Fsp3) is 0. The zero-order valence-corrected chi connectivity index (χ0v) is 10.8. The van der Waals surface area contributed by atoms with Gasteiger partial charge in [-0.1, -0.05) is 0 Å².